The van der Waals surface area contributed by atoms with Gasteiger partial charge in [0.25, 0.3) is 5.91 Å². The van der Waals surface area contributed by atoms with E-state index in [4.69, 9.17) is 14.2 Å². The fourth-order valence-electron chi connectivity index (χ4n) is 6.48. The first-order valence-corrected chi connectivity index (χ1v) is 19.0. The van der Waals surface area contributed by atoms with Crippen LogP contribution in [0.4, 0.5) is 35.5 Å². The van der Waals surface area contributed by atoms with Gasteiger partial charge in [-0.1, -0.05) is 25.7 Å². The van der Waals surface area contributed by atoms with Gasteiger partial charge in [-0.15, -0.1) is 0 Å². The molecule has 53 heavy (non-hydrogen) atoms. The summed E-state index contributed by atoms with van der Waals surface area (Å²) >= 11 is 0. The Morgan fingerprint density at radius 2 is 1.58 bits per heavy atom. The highest BCUT2D eigenvalue weighted by molar-refractivity contribution is 5.97. The number of halogens is 3. The number of carbonyl (C=O) groups is 2. The second kappa shape index (κ2) is 18.3. The van der Waals surface area contributed by atoms with E-state index in [1.807, 2.05) is 20.8 Å². The quantitative estimate of drug-likeness (QED) is 0.271. The van der Waals surface area contributed by atoms with Crippen molar-refractivity contribution in [3.63, 3.8) is 0 Å². The minimum absolute atomic E-state index is 0.0423. The molecule has 4 bridgehead atoms. The first-order valence-electron chi connectivity index (χ1n) is 19.0. The molecule has 0 spiro atoms. The zero-order chi connectivity index (χ0) is 37.9. The topological polar surface area (TPSA) is 143 Å². The van der Waals surface area contributed by atoms with Gasteiger partial charge in [0, 0.05) is 49.9 Å². The number of hydrogen-bond donors (Lipinski definition) is 3. The number of hydrogen-bond acceptors (Lipinski definition) is 11. The molecule has 5 rings (SSSR count). The summed E-state index contributed by atoms with van der Waals surface area (Å²) in [5.74, 6) is 0.0599. The van der Waals surface area contributed by atoms with Crippen LogP contribution < -0.4 is 25.4 Å². The molecule has 294 valence electrons. The molecule has 2 aromatic rings. The summed E-state index contributed by atoms with van der Waals surface area (Å²) in [6.07, 6.45) is 5.56. The van der Waals surface area contributed by atoms with Crippen LogP contribution in [0.3, 0.4) is 0 Å². The maximum Gasteiger partial charge on any atom is 0.422 e. The maximum atomic E-state index is 13.7. The summed E-state index contributed by atoms with van der Waals surface area (Å²) < 4.78 is 55.7. The summed E-state index contributed by atoms with van der Waals surface area (Å²) in [4.78, 5) is 43.4. The average Bonchev–Trinajstić information content (AvgIpc) is 3.66. The van der Waals surface area contributed by atoms with Gasteiger partial charge in [-0.2, -0.15) is 28.1 Å². The van der Waals surface area contributed by atoms with Crippen LogP contribution in [0.15, 0.2) is 18.2 Å². The van der Waals surface area contributed by atoms with Crippen molar-refractivity contribution in [1.82, 2.24) is 30.1 Å². The predicted molar refractivity (Wildman–Crippen MR) is 195 cm³/mol. The summed E-state index contributed by atoms with van der Waals surface area (Å²) in [7, 11) is 0. The van der Waals surface area contributed by atoms with Gasteiger partial charge in [-0.25, -0.2) is 4.79 Å². The second-order valence-corrected chi connectivity index (χ2v) is 15.4. The van der Waals surface area contributed by atoms with E-state index in [1.54, 1.807) is 23.1 Å². The van der Waals surface area contributed by atoms with Crippen molar-refractivity contribution in [2.24, 2.45) is 5.41 Å². The number of nitrogens with one attached hydrogen (secondary N) is 3. The number of ether oxygens (including phenoxy) is 3. The molecule has 3 aliphatic rings. The van der Waals surface area contributed by atoms with Gasteiger partial charge in [-0.3, -0.25) is 4.79 Å². The molecule has 0 unspecified atom stereocenters. The Balaban J connectivity index is 1.35. The maximum absolute atomic E-state index is 13.7. The third-order valence-corrected chi connectivity index (χ3v) is 9.42. The minimum Gasteiger partial charge on any atom is -0.493 e. The number of alkyl halides is 3. The van der Waals surface area contributed by atoms with Crippen LogP contribution in [-0.4, -0.2) is 108 Å². The van der Waals surface area contributed by atoms with E-state index in [2.05, 4.69) is 35.8 Å². The van der Waals surface area contributed by atoms with E-state index in [0.29, 0.717) is 49.6 Å². The number of fused-ring (bicyclic) bond motifs is 4. The lowest BCUT2D eigenvalue weighted by atomic mass is 10.1. The molecule has 1 aromatic carbocycles. The van der Waals surface area contributed by atoms with Crippen LogP contribution in [0, 0.1) is 5.41 Å². The Morgan fingerprint density at radius 1 is 0.906 bits per heavy atom. The van der Waals surface area contributed by atoms with Gasteiger partial charge >= 0.3 is 18.3 Å². The van der Waals surface area contributed by atoms with Crippen molar-refractivity contribution < 1.29 is 37.0 Å². The number of nitrogens with zero attached hydrogens (tertiary/aromatic N) is 5. The first kappa shape index (κ1) is 40.1. The Hall–Kier alpha value is -4.08. The third kappa shape index (κ3) is 13.7. The Morgan fingerprint density at radius 3 is 2.30 bits per heavy atom. The highest BCUT2D eigenvalue weighted by atomic mass is 19.4. The number of rotatable bonds is 7. The fourth-order valence-corrected chi connectivity index (χ4v) is 6.48. The lowest BCUT2D eigenvalue weighted by Crippen LogP contribution is -2.38. The Kier molecular flexibility index (Phi) is 13.9. The van der Waals surface area contributed by atoms with E-state index >= 15 is 0 Å². The van der Waals surface area contributed by atoms with Crippen LogP contribution in [0.5, 0.6) is 11.8 Å². The van der Waals surface area contributed by atoms with E-state index in [0.717, 1.165) is 71.0 Å². The summed E-state index contributed by atoms with van der Waals surface area (Å²) in [6.45, 7) is 9.39. The summed E-state index contributed by atoms with van der Waals surface area (Å²) in [6, 6.07) is 4.45. The van der Waals surface area contributed by atoms with Crippen molar-refractivity contribution in [3.8, 4) is 11.8 Å². The number of amides is 2. The van der Waals surface area contributed by atoms with Crippen molar-refractivity contribution in [1.29, 1.82) is 0 Å². The molecule has 1 saturated heterocycles. The number of benzene rings is 1. The van der Waals surface area contributed by atoms with Crippen molar-refractivity contribution in [3.05, 3.63) is 23.8 Å². The van der Waals surface area contributed by atoms with Crippen LogP contribution >= 0.6 is 0 Å². The first-order chi connectivity index (χ1) is 25.3. The lowest BCUT2D eigenvalue weighted by Gasteiger charge is -2.27. The van der Waals surface area contributed by atoms with E-state index < -0.39 is 24.4 Å². The minimum atomic E-state index is -4.57. The molecule has 3 N–H and O–H groups in total. The van der Waals surface area contributed by atoms with Crippen LogP contribution in [0.1, 0.15) is 102 Å². The molecule has 3 heterocycles. The number of likely N-dealkylation sites (tertiary alicyclic amines) is 1. The standard InChI is InChI=1S/C37H55F3N8O5/c1-35(2,3)53-34(50)48-20-9-7-5-4-6-8-17-41-31-44-32(46-33(45-31)52-26-37(38,39)40)43-27-13-14-28(29(23-27)51-22-12-21-48)30(49)42-24-36(15-16-36)25-47-18-10-11-19-47/h13-14,23H,4-12,15-22,24-26H2,1-3H3,(H,42,49)(H2,41,43,44,45,46). The summed E-state index contributed by atoms with van der Waals surface area (Å²) in [5.41, 5.74) is 0.228. The van der Waals surface area contributed by atoms with Gasteiger partial charge in [0.1, 0.15) is 11.4 Å². The smallest absolute Gasteiger partial charge is 0.422 e. The molecule has 13 nitrogen and oxygen atoms in total. The second-order valence-electron chi connectivity index (χ2n) is 15.4. The number of aromatic nitrogens is 3. The van der Waals surface area contributed by atoms with Crippen LogP contribution in [-0.2, 0) is 4.74 Å². The normalized spacial score (nSPS) is 19.1. The highest BCUT2D eigenvalue weighted by Crippen LogP contribution is 2.46. The largest absolute Gasteiger partial charge is 0.493 e. The third-order valence-electron chi connectivity index (χ3n) is 9.42. The molecule has 1 saturated carbocycles. The van der Waals surface area contributed by atoms with Gasteiger partial charge in [-0.05, 0) is 90.9 Å². The zero-order valence-electron chi connectivity index (χ0n) is 31.3. The van der Waals surface area contributed by atoms with Crippen molar-refractivity contribution in [2.75, 3.05) is 69.7 Å². The molecule has 1 aliphatic carbocycles. The molecule has 2 aliphatic heterocycles. The highest BCUT2D eigenvalue weighted by Gasteiger charge is 2.44. The number of carbonyl (C=O) groups excluding carboxylic acids is 2. The van der Waals surface area contributed by atoms with Gasteiger partial charge < -0.3 is 40.0 Å². The molecule has 16 heteroatoms. The van der Waals surface area contributed by atoms with E-state index in [-0.39, 0.29) is 35.9 Å². The fraction of sp³-hybridized carbons (Fsp3) is 0.703. The van der Waals surface area contributed by atoms with Crippen molar-refractivity contribution >= 4 is 29.6 Å². The van der Waals surface area contributed by atoms with Gasteiger partial charge in [0.05, 0.1) is 12.2 Å². The molecular weight excluding hydrogens is 693 g/mol. The molecule has 1 aromatic heterocycles. The Bertz CT molecular complexity index is 1510. The lowest BCUT2D eigenvalue weighted by molar-refractivity contribution is -0.154. The molecule has 0 atom stereocenters. The number of anilines is 3. The Labute approximate surface area is 310 Å². The van der Waals surface area contributed by atoms with Crippen LogP contribution in [0.25, 0.3) is 0 Å². The van der Waals surface area contributed by atoms with Gasteiger partial charge in [0.15, 0.2) is 6.61 Å². The average molecular weight is 749 g/mol. The SMILES string of the molecule is CC(C)(C)OC(=O)N1CCCCCCCCNc2nc(nc(OCC(F)(F)F)n2)Nc2ccc(C(=O)NCC3(CN4CCCC4)CC3)c(c2)OCCC1. The van der Waals surface area contributed by atoms with E-state index in [1.165, 1.54) is 12.8 Å². The summed E-state index contributed by atoms with van der Waals surface area (Å²) in [5, 5.41) is 9.23. The zero-order valence-corrected chi connectivity index (χ0v) is 31.3. The molecule has 2 fully saturated rings. The molecule has 2 amide bonds. The van der Waals surface area contributed by atoms with Gasteiger partial charge in [0.2, 0.25) is 11.9 Å². The monoisotopic (exact) mass is 748 g/mol. The van der Waals surface area contributed by atoms with Crippen molar-refractivity contribution in [2.45, 2.75) is 103 Å². The van der Waals surface area contributed by atoms with E-state index in [9.17, 15) is 22.8 Å². The molecule has 0 radical (unpaired) electrons. The van der Waals surface area contributed by atoms with Crippen LogP contribution in [0.2, 0.25) is 0 Å². The molecular formula is C37H55F3N8O5. The predicted octanol–water partition coefficient (Wildman–Crippen LogP) is 6.93.